The molecule has 0 atom stereocenters. The van der Waals surface area contributed by atoms with Gasteiger partial charge >= 0.3 is 5.97 Å². The van der Waals surface area contributed by atoms with E-state index in [-0.39, 0.29) is 16.5 Å². The minimum absolute atomic E-state index is 0.0322. The summed E-state index contributed by atoms with van der Waals surface area (Å²) in [6.45, 7) is -0.523. The molecule has 0 spiro atoms. The van der Waals surface area contributed by atoms with Gasteiger partial charge in [-0.05, 0) is 30.3 Å². The first-order valence-electron chi connectivity index (χ1n) is 6.73. The Morgan fingerprint density at radius 3 is 2.62 bits per heavy atom. The topological polar surface area (TPSA) is 55.4 Å². The predicted molar refractivity (Wildman–Crippen MR) is 88.1 cm³/mol. The van der Waals surface area contributed by atoms with Crippen molar-refractivity contribution >= 4 is 40.9 Å². The van der Waals surface area contributed by atoms with E-state index in [4.69, 9.17) is 16.3 Å². The van der Waals surface area contributed by atoms with Crippen LogP contribution in [0.3, 0.4) is 0 Å². The lowest BCUT2D eigenvalue weighted by molar-refractivity contribution is -0.144. The highest BCUT2D eigenvalue weighted by molar-refractivity contribution is 8.00. The normalized spacial score (nSPS) is 10.3. The lowest BCUT2D eigenvalue weighted by atomic mass is 10.3. The molecule has 0 bridgehead atoms. The van der Waals surface area contributed by atoms with E-state index in [1.165, 1.54) is 18.2 Å². The Balaban J connectivity index is 1.77. The lowest BCUT2D eigenvalue weighted by Crippen LogP contribution is -2.21. The summed E-state index contributed by atoms with van der Waals surface area (Å²) in [6.07, 6.45) is 0. The fraction of sp³-hybridized carbons (Fsp3) is 0.125. The molecule has 0 saturated carbocycles. The predicted octanol–water partition coefficient (Wildman–Crippen LogP) is 3.89. The van der Waals surface area contributed by atoms with Crippen LogP contribution in [0.5, 0.6) is 0 Å². The number of anilines is 1. The monoisotopic (exact) mass is 371 g/mol. The number of esters is 1. The van der Waals surface area contributed by atoms with Crippen molar-refractivity contribution < 1.29 is 23.1 Å². The van der Waals surface area contributed by atoms with Crippen molar-refractivity contribution in [3.63, 3.8) is 0 Å². The van der Waals surface area contributed by atoms with Gasteiger partial charge in [-0.3, -0.25) is 9.59 Å². The second-order valence-electron chi connectivity index (χ2n) is 4.55. The summed E-state index contributed by atoms with van der Waals surface area (Å²) in [6, 6.07) is 9.50. The molecule has 1 N–H and O–H groups in total. The van der Waals surface area contributed by atoms with Crippen LogP contribution in [0.4, 0.5) is 14.5 Å². The Labute approximate surface area is 146 Å². The van der Waals surface area contributed by atoms with E-state index >= 15 is 0 Å². The molecule has 0 unspecified atom stereocenters. The second kappa shape index (κ2) is 8.65. The van der Waals surface area contributed by atoms with Crippen molar-refractivity contribution in [3.05, 3.63) is 59.1 Å². The van der Waals surface area contributed by atoms with E-state index in [0.717, 1.165) is 23.9 Å². The molecule has 0 saturated heterocycles. The highest BCUT2D eigenvalue weighted by Gasteiger charge is 2.11. The maximum absolute atomic E-state index is 13.4. The van der Waals surface area contributed by atoms with Gasteiger partial charge in [0.25, 0.3) is 5.91 Å². The number of hydrogen-bond acceptors (Lipinski definition) is 4. The standard InChI is InChI=1S/C16H12ClF2NO3S/c17-11-7-10(18)5-6-13(11)20-15(21)8-23-16(22)9-24-14-4-2-1-3-12(14)19/h1-7H,8-9H2,(H,20,21). The number of rotatable bonds is 6. The number of hydrogen-bond donors (Lipinski definition) is 1. The van der Waals surface area contributed by atoms with Crippen molar-refractivity contribution in [1.29, 1.82) is 0 Å². The summed E-state index contributed by atoms with van der Waals surface area (Å²) in [7, 11) is 0. The summed E-state index contributed by atoms with van der Waals surface area (Å²) in [5.74, 6) is -2.38. The molecule has 0 aliphatic rings. The van der Waals surface area contributed by atoms with Crippen LogP contribution in [0.15, 0.2) is 47.4 Å². The summed E-state index contributed by atoms with van der Waals surface area (Å²) in [5, 5.41) is 2.43. The largest absolute Gasteiger partial charge is 0.455 e. The fourth-order valence-corrected chi connectivity index (χ4v) is 2.62. The number of halogens is 3. The van der Waals surface area contributed by atoms with E-state index in [9.17, 15) is 18.4 Å². The molecule has 2 aromatic carbocycles. The van der Waals surface area contributed by atoms with E-state index < -0.39 is 30.1 Å². The van der Waals surface area contributed by atoms with Gasteiger partial charge in [-0.25, -0.2) is 8.78 Å². The van der Waals surface area contributed by atoms with Crippen LogP contribution < -0.4 is 5.32 Å². The van der Waals surface area contributed by atoms with Crippen molar-refractivity contribution in [2.45, 2.75) is 4.90 Å². The fourth-order valence-electron chi connectivity index (χ4n) is 1.66. The average molecular weight is 372 g/mol. The zero-order valence-corrected chi connectivity index (χ0v) is 13.8. The van der Waals surface area contributed by atoms with Gasteiger partial charge in [-0.2, -0.15) is 0 Å². The first-order valence-corrected chi connectivity index (χ1v) is 8.10. The van der Waals surface area contributed by atoms with Crippen molar-refractivity contribution in [2.24, 2.45) is 0 Å². The van der Waals surface area contributed by atoms with Crippen LogP contribution in [0.1, 0.15) is 0 Å². The van der Waals surface area contributed by atoms with Gasteiger partial charge in [-0.15, -0.1) is 11.8 Å². The Kier molecular flexibility index (Phi) is 6.57. The second-order valence-corrected chi connectivity index (χ2v) is 5.98. The molecule has 2 aromatic rings. The summed E-state index contributed by atoms with van der Waals surface area (Å²) < 4.78 is 31.1. The maximum Gasteiger partial charge on any atom is 0.316 e. The Morgan fingerprint density at radius 1 is 1.17 bits per heavy atom. The smallest absolute Gasteiger partial charge is 0.316 e. The molecule has 126 valence electrons. The number of carbonyl (C=O) groups is 2. The first kappa shape index (κ1) is 18.2. The number of nitrogens with one attached hydrogen (secondary N) is 1. The van der Waals surface area contributed by atoms with Gasteiger partial charge in [0.15, 0.2) is 6.61 Å². The van der Waals surface area contributed by atoms with Crippen molar-refractivity contribution in [2.75, 3.05) is 17.7 Å². The zero-order valence-electron chi connectivity index (χ0n) is 12.2. The van der Waals surface area contributed by atoms with Gasteiger partial charge < -0.3 is 10.1 Å². The minimum atomic E-state index is -0.663. The molecule has 2 rings (SSSR count). The van der Waals surface area contributed by atoms with Gasteiger partial charge in [0.2, 0.25) is 0 Å². The summed E-state index contributed by atoms with van der Waals surface area (Å²) in [5.41, 5.74) is 0.208. The van der Waals surface area contributed by atoms with Gasteiger partial charge in [-0.1, -0.05) is 23.7 Å². The summed E-state index contributed by atoms with van der Waals surface area (Å²) >= 11 is 6.74. The van der Waals surface area contributed by atoms with E-state index in [2.05, 4.69) is 5.32 Å². The number of amides is 1. The third-order valence-corrected chi connectivity index (χ3v) is 4.09. The van der Waals surface area contributed by atoms with Crippen LogP contribution in [0, 0.1) is 11.6 Å². The Morgan fingerprint density at radius 2 is 1.92 bits per heavy atom. The number of carbonyl (C=O) groups excluding carboxylic acids is 2. The van der Waals surface area contributed by atoms with E-state index in [0.29, 0.717) is 4.90 Å². The van der Waals surface area contributed by atoms with Crippen LogP contribution in [-0.4, -0.2) is 24.2 Å². The molecule has 1 amide bonds. The molecule has 24 heavy (non-hydrogen) atoms. The van der Waals surface area contributed by atoms with E-state index in [1.54, 1.807) is 12.1 Å². The Hall–Kier alpha value is -2.12. The third-order valence-electron chi connectivity index (χ3n) is 2.75. The number of benzene rings is 2. The maximum atomic E-state index is 13.4. The molecular formula is C16H12ClF2NO3S. The zero-order chi connectivity index (χ0) is 17.5. The van der Waals surface area contributed by atoms with Crippen LogP contribution in [0.25, 0.3) is 0 Å². The average Bonchev–Trinajstić information content (AvgIpc) is 2.55. The molecule has 0 radical (unpaired) electrons. The quantitative estimate of drug-likeness (QED) is 0.618. The van der Waals surface area contributed by atoms with Gasteiger partial charge in [0, 0.05) is 4.90 Å². The molecule has 0 aliphatic carbocycles. The van der Waals surface area contributed by atoms with Gasteiger partial charge in [0.05, 0.1) is 16.5 Å². The number of ether oxygens (including phenoxy) is 1. The third kappa shape index (κ3) is 5.50. The highest BCUT2D eigenvalue weighted by atomic mass is 35.5. The molecule has 0 aromatic heterocycles. The van der Waals surface area contributed by atoms with Gasteiger partial charge in [0.1, 0.15) is 11.6 Å². The SMILES string of the molecule is O=C(COC(=O)CSc1ccccc1F)Nc1ccc(F)cc1Cl. The Bertz CT molecular complexity index is 758. The molecule has 0 heterocycles. The molecule has 0 aliphatic heterocycles. The van der Waals surface area contributed by atoms with Crippen molar-refractivity contribution in [3.8, 4) is 0 Å². The first-order chi connectivity index (χ1) is 11.5. The molecule has 8 heteroatoms. The minimum Gasteiger partial charge on any atom is -0.455 e. The van der Waals surface area contributed by atoms with Crippen LogP contribution >= 0.6 is 23.4 Å². The summed E-state index contributed by atoms with van der Waals surface area (Å²) in [4.78, 5) is 23.6. The number of thioether (sulfide) groups is 1. The van der Waals surface area contributed by atoms with Crippen molar-refractivity contribution in [1.82, 2.24) is 0 Å². The molecule has 0 fully saturated rings. The highest BCUT2D eigenvalue weighted by Crippen LogP contribution is 2.22. The molecular weight excluding hydrogens is 360 g/mol. The lowest BCUT2D eigenvalue weighted by Gasteiger charge is -2.08. The van der Waals surface area contributed by atoms with E-state index in [1.807, 2.05) is 0 Å². The molecule has 4 nitrogen and oxygen atoms in total. The van der Waals surface area contributed by atoms with Crippen LogP contribution in [-0.2, 0) is 14.3 Å². The van der Waals surface area contributed by atoms with Crippen LogP contribution in [0.2, 0.25) is 5.02 Å².